The summed E-state index contributed by atoms with van der Waals surface area (Å²) in [7, 11) is 0. The Morgan fingerprint density at radius 3 is 2.83 bits per heavy atom. The van der Waals surface area contributed by atoms with Crippen LogP contribution in [-0.2, 0) is 6.54 Å². The molecule has 1 heterocycles. The van der Waals surface area contributed by atoms with Crippen molar-refractivity contribution < 1.29 is 0 Å². The van der Waals surface area contributed by atoms with Crippen LogP contribution >= 0.6 is 0 Å². The number of nitrogens with one attached hydrogen (secondary N) is 1. The summed E-state index contributed by atoms with van der Waals surface area (Å²) in [5.41, 5.74) is 0. The molecular weight excluding hydrogens is 222 g/mol. The van der Waals surface area contributed by atoms with Crippen molar-refractivity contribution in [3.63, 3.8) is 0 Å². The maximum Gasteiger partial charge on any atom is 0.0560 e. The molecule has 98 valence electrons. The largest absolute Gasteiger partial charge is 0.310 e. The first kappa shape index (κ1) is 12.0. The molecule has 1 aromatic rings. The van der Waals surface area contributed by atoms with Crippen LogP contribution in [0.25, 0.3) is 0 Å². The molecular formula is C15H23N3. The predicted octanol–water partition coefficient (Wildman–Crippen LogP) is 2.46. The fourth-order valence-electron chi connectivity index (χ4n) is 3.71. The summed E-state index contributed by atoms with van der Waals surface area (Å²) >= 11 is 0. The van der Waals surface area contributed by atoms with Gasteiger partial charge in [0.25, 0.3) is 0 Å². The summed E-state index contributed by atoms with van der Waals surface area (Å²) < 4.78 is 2.01. The number of fused-ring (bicyclic) bond motifs is 2. The molecule has 18 heavy (non-hydrogen) atoms. The summed E-state index contributed by atoms with van der Waals surface area (Å²) in [6.07, 6.45) is 11.5. The lowest BCUT2D eigenvalue weighted by molar-refractivity contribution is 0.291. The van der Waals surface area contributed by atoms with Crippen molar-refractivity contribution in [1.82, 2.24) is 15.1 Å². The smallest absolute Gasteiger partial charge is 0.0560 e. The third-order valence-electron chi connectivity index (χ3n) is 4.54. The monoisotopic (exact) mass is 245 g/mol. The topological polar surface area (TPSA) is 29.9 Å². The predicted molar refractivity (Wildman–Crippen MR) is 73.1 cm³/mol. The summed E-state index contributed by atoms with van der Waals surface area (Å²) in [5.74, 6) is 2.53. The first-order chi connectivity index (χ1) is 8.72. The number of aromatic nitrogens is 2. The van der Waals surface area contributed by atoms with E-state index in [0.29, 0.717) is 12.1 Å². The van der Waals surface area contributed by atoms with Gasteiger partial charge in [-0.1, -0.05) is 12.2 Å². The zero-order valence-corrected chi connectivity index (χ0v) is 11.3. The molecule has 1 fully saturated rings. The van der Waals surface area contributed by atoms with E-state index in [4.69, 9.17) is 0 Å². The van der Waals surface area contributed by atoms with E-state index in [0.717, 1.165) is 24.3 Å². The average molecular weight is 245 g/mol. The molecule has 2 aliphatic rings. The lowest BCUT2D eigenvalue weighted by Gasteiger charge is -2.29. The number of hydrogen-bond acceptors (Lipinski definition) is 2. The Hall–Kier alpha value is -1.09. The Morgan fingerprint density at radius 1 is 1.33 bits per heavy atom. The van der Waals surface area contributed by atoms with Gasteiger partial charge in [-0.3, -0.25) is 4.68 Å². The van der Waals surface area contributed by atoms with Gasteiger partial charge < -0.3 is 5.32 Å². The molecule has 3 nitrogen and oxygen atoms in total. The highest BCUT2D eigenvalue weighted by Crippen LogP contribution is 2.44. The van der Waals surface area contributed by atoms with Crippen LogP contribution in [0.2, 0.25) is 0 Å². The molecule has 0 spiro atoms. The minimum atomic E-state index is 0.475. The van der Waals surface area contributed by atoms with Crippen molar-refractivity contribution in [1.29, 1.82) is 0 Å². The Kier molecular flexibility index (Phi) is 3.25. The molecule has 2 aliphatic carbocycles. The molecule has 0 saturated heterocycles. The van der Waals surface area contributed by atoms with Gasteiger partial charge in [0, 0.05) is 24.5 Å². The van der Waals surface area contributed by atoms with E-state index in [1.165, 1.54) is 12.8 Å². The highest BCUT2D eigenvalue weighted by molar-refractivity contribution is 5.11. The molecule has 1 N–H and O–H groups in total. The zero-order chi connectivity index (χ0) is 12.5. The van der Waals surface area contributed by atoms with E-state index in [1.807, 2.05) is 23.1 Å². The highest BCUT2D eigenvalue weighted by Gasteiger charge is 2.38. The van der Waals surface area contributed by atoms with Crippen LogP contribution in [0.3, 0.4) is 0 Å². The van der Waals surface area contributed by atoms with Crippen LogP contribution in [0, 0.1) is 17.8 Å². The maximum absolute atomic E-state index is 4.26. The highest BCUT2D eigenvalue weighted by atomic mass is 15.3. The summed E-state index contributed by atoms with van der Waals surface area (Å²) in [6, 6.07) is 3.06. The number of nitrogens with zero attached hydrogens (tertiary/aromatic N) is 2. The fraction of sp³-hybridized carbons (Fsp3) is 0.667. The van der Waals surface area contributed by atoms with Gasteiger partial charge in [0.1, 0.15) is 0 Å². The minimum absolute atomic E-state index is 0.475. The molecule has 5 unspecified atom stereocenters. The van der Waals surface area contributed by atoms with Crippen molar-refractivity contribution in [2.75, 3.05) is 0 Å². The average Bonchev–Trinajstić information content (AvgIpc) is 3.04. The van der Waals surface area contributed by atoms with Crippen molar-refractivity contribution in [3.05, 3.63) is 30.6 Å². The Balaban J connectivity index is 1.51. The second kappa shape index (κ2) is 4.88. The first-order valence-electron chi connectivity index (χ1n) is 7.14. The standard InChI is InChI=1S/C15H23N3/c1-11(10-18-7-3-6-16-18)17-12(2)15-9-13-4-5-14(15)8-13/h3-7,11-15,17H,8-10H2,1-2H3. The third kappa shape index (κ3) is 2.37. The molecule has 3 rings (SSSR count). The lowest BCUT2D eigenvalue weighted by Crippen LogP contribution is -2.42. The second-order valence-electron chi connectivity index (χ2n) is 6.03. The van der Waals surface area contributed by atoms with Gasteiger partial charge in [-0.15, -0.1) is 0 Å². The van der Waals surface area contributed by atoms with E-state index in [-0.39, 0.29) is 0 Å². The molecule has 0 amide bonds. The maximum atomic E-state index is 4.26. The minimum Gasteiger partial charge on any atom is -0.310 e. The number of hydrogen-bond donors (Lipinski definition) is 1. The van der Waals surface area contributed by atoms with Crippen LogP contribution in [0.15, 0.2) is 30.6 Å². The van der Waals surface area contributed by atoms with Crippen LogP contribution in [0.4, 0.5) is 0 Å². The van der Waals surface area contributed by atoms with Gasteiger partial charge in [0.05, 0.1) is 6.54 Å². The zero-order valence-electron chi connectivity index (χ0n) is 11.3. The van der Waals surface area contributed by atoms with Gasteiger partial charge in [0.15, 0.2) is 0 Å². The Labute approximate surface area is 109 Å². The number of allylic oxidation sites excluding steroid dienone is 2. The molecule has 0 radical (unpaired) electrons. The third-order valence-corrected chi connectivity index (χ3v) is 4.54. The first-order valence-corrected chi connectivity index (χ1v) is 7.14. The van der Waals surface area contributed by atoms with E-state index in [9.17, 15) is 0 Å². The lowest BCUT2D eigenvalue weighted by atomic mass is 9.87. The molecule has 2 bridgehead atoms. The van der Waals surface area contributed by atoms with Crippen LogP contribution in [0.1, 0.15) is 26.7 Å². The van der Waals surface area contributed by atoms with Gasteiger partial charge in [-0.05, 0) is 50.5 Å². The summed E-state index contributed by atoms with van der Waals surface area (Å²) in [6.45, 7) is 5.55. The van der Waals surface area contributed by atoms with Crippen molar-refractivity contribution in [3.8, 4) is 0 Å². The Bertz CT molecular complexity index is 409. The van der Waals surface area contributed by atoms with Crippen molar-refractivity contribution in [2.45, 2.75) is 45.3 Å². The summed E-state index contributed by atoms with van der Waals surface area (Å²) in [4.78, 5) is 0. The van der Waals surface area contributed by atoms with Gasteiger partial charge in [-0.25, -0.2) is 0 Å². The second-order valence-corrected chi connectivity index (χ2v) is 6.03. The quantitative estimate of drug-likeness (QED) is 0.808. The number of rotatable bonds is 5. The van der Waals surface area contributed by atoms with Gasteiger partial charge in [0.2, 0.25) is 0 Å². The van der Waals surface area contributed by atoms with Crippen LogP contribution in [-0.4, -0.2) is 21.9 Å². The fourth-order valence-corrected chi connectivity index (χ4v) is 3.71. The molecule has 0 aromatic carbocycles. The van der Waals surface area contributed by atoms with E-state index in [2.05, 4.69) is 36.4 Å². The van der Waals surface area contributed by atoms with Gasteiger partial charge in [-0.2, -0.15) is 5.10 Å². The normalized spacial score (nSPS) is 32.9. The van der Waals surface area contributed by atoms with Crippen molar-refractivity contribution >= 4 is 0 Å². The Morgan fingerprint density at radius 2 is 2.22 bits per heavy atom. The van der Waals surface area contributed by atoms with E-state index in [1.54, 1.807) is 0 Å². The molecule has 5 atom stereocenters. The molecule has 1 aromatic heterocycles. The molecule has 1 saturated carbocycles. The SMILES string of the molecule is CC(Cn1cccn1)NC(C)C1CC2C=CC1C2. The van der Waals surface area contributed by atoms with Crippen molar-refractivity contribution in [2.24, 2.45) is 17.8 Å². The van der Waals surface area contributed by atoms with E-state index < -0.39 is 0 Å². The van der Waals surface area contributed by atoms with Crippen LogP contribution in [0.5, 0.6) is 0 Å². The molecule has 3 heteroatoms. The van der Waals surface area contributed by atoms with Gasteiger partial charge >= 0.3 is 0 Å². The summed E-state index contributed by atoms with van der Waals surface area (Å²) in [5, 5.41) is 8.01. The van der Waals surface area contributed by atoms with E-state index >= 15 is 0 Å². The van der Waals surface area contributed by atoms with Crippen LogP contribution < -0.4 is 5.32 Å². The molecule has 0 aliphatic heterocycles.